The lowest BCUT2D eigenvalue weighted by molar-refractivity contribution is 0.112. The van der Waals surface area contributed by atoms with Gasteiger partial charge in [0.1, 0.15) is 5.82 Å². The molecule has 5 heteroatoms. The van der Waals surface area contributed by atoms with Gasteiger partial charge in [0.2, 0.25) is 0 Å². The summed E-state index contributed by atoms with van der Waals surface area (Å²) >= 11 is 0. The Morgan fingerprint density at radius 1 is 1.32 bits per heavy atom. The van der Waals surface area contributed by atoms with Crippen molar-refractivity contribution in [2.24, 2.45) is 7.05 Å². The molecule has 102 valence electrons. The van der Waals surface area contributed by atoms with Crippen molar-refractivity contribution < 1.29 is 4.79 Å². The first kappa shape index (κ1) is 13.5. The molecule has 2 heterocycles. The van der Waals surface area contributed by atoms with Crippen molar-refractivity contribution in [3.63, 3.8) is 0 Å². The van der Waals surface area contributed by atoms with Crippen LogP contribution in [-0.4, -0.2) is 25.6 Å². The number of imidazole rings is 1. The Kier molecular flexibility index (Phi) is 4.14. The van der Waals surface area contributed by atoms with E-state index in [1.165, 1.54) is 0 Å². The minimum Gasteiger partial charge on any atom is -0.338 e. The second-order valence-electron chi connectivity index (χ2n) is 4.56. The van der Waals surface area contributed by atoms with E-state index in [0.717, 1.165) is 54.9 Å². The Morgan fingerprint density at radius 3 is 2.63 bits per heavy atom. The topological polar surface area (TPSA) is 52.7 Å². The van der Waals surface area contributed by atoms with Crippen molar-refractivity contribution in [2.75, 3.05) is 0 Å². The average Bonchev–Trinajstić information content (AvgIpc) is 2.98. The fraction of sp³-hybridized carbons (Fsp3) is 0.500. The smallest absolute Gasteiger partial charge is 0.153 e. The highest BCUT2D eigenvalue weighted by atomic mass is 16.1. The van der Waals surface area contributed by atoms with Crippen molar-refractivity contribution in [1.82, 2.24) is 19.3 Å². The van der Waals surface area contributed by atoms with E-state index in [1.807, 2.05) is 29.4 Å². The van der Waals surface area contributed by atoms with Crippen LogP contribution in [0.1, 0.15) is 41.4 Å². The fourth-order valence-corrected chi connectivity index (χ4v) is 2.36. The third-order valence-electron chi connectivity index (χ3n) is 3.43. The zero-order chi connectivity index (χ0) is 13.8. The van der Waals surface area contributed by atoms with Gasteiger partial charge in [-0.1, -0.05) is 13.8 Å². The average molecular weight is 260 g/mol. The largest absolute Gasteiger partial charge is 0.338 e. The Balaban J connectivity index is 2.22. The number of hydrogen-bond acceptors (Lipinski definition) is 3. The number of aldehydes is 1. The Bertz CT molecular complexity index is 568. The number of hydrogen-bond donors (Lipinski definition) is 0. The van der Waals surface area contributed by atoms with E-state index < -0.39 is 0 Å². The summed E-state index contributed by atoms with van der Waals surface area (Å²) < 4.78 is 3.97. The monoisotopic (exact) mass is 260 g/mol. The molecule has 0 amide bonds. The Hall–Kier alpha value is -1.91. The summed E-state index contributed by atoms with van der Waals surface area (Å²) in [4.78, 5) is 15.5. The van der Waals surface area contributed by atoms with Crippen molar-refractivity contribution >= 4 is 6.29 Å². The van der Waals surface area contributed by atoms with Crippen molar-refractivity contribution in [3.05, 3.63) is 35.2 Å². The van der Waals surface area contributed by atoms with Gasteiger partial charge in [-0.25, -0.2) is 4.98 Å². The van der Waals surface area contributed by atoms with E-state index in [1.54, 1.807) is 6.20 Å². The zero-order valence-electron chi connectivity index (χ0n) is 11.8. The van der Waals surface area contributed by atoms with Gasteiger partial charge in [0.05, 0.1) is 11.3 Å². The van der Waals surface area contributed by atoms with Gasteiger partial charge < -0.3 is 4.57 Å². The van der Waals surface area contributed by atoms with E-state index in [4.69, 9.17) is 0 Å². The maximum absolute atomic E-state index is 11.2. The molecule has 0 atom stereocenters. The summed E-state index contributed by atoms with van der Waals surface area (Å²) in [7, 11) is 1.99. The molecule has 0 aliphatic carbocycles. The van der Waals surface area contributed by atoms with Gasteiger partial charge in [0, 0.05) is 38.1 Å². The normalized spacial score (nSPS) is 10.9. The Labute approximate surface area is 113 Å². The second kappa shape index (κ2) is 5.82. The molecule has 5 nitrogen and oxygen atoms in total. The molecule has 0 aromatic carbocycles. The molecule has 0 bridgehead atoms. The van der Waals surface area contributed by atoms with Crippen LogP contribution in [0.25, 0.3) is 0 Å². The molecule has 0 saturated heterocycles. The second-order valence-corrected chi connectivity index (χ2v) is 4.56. The van der Waals surface area contributed by atoms with Crippen LogP contribution < -0.4 is 0 Å². The van der Waals surface area contributed by atoms with E-state index in [-0.39, 0.29) is 0 Å². The molecule has 0 saturated carbocycles. The summed E-state index contributed by atoms with van der Waals surface area (Å²) in [6, 6.07) is 0. The first-order valence-electron chi connectivity index (χ1n) is 6.71. The van der Waals surface area contributed by atoms with Gasteiger partial charge in [-0.2, -0.15) is 5.10 Å². The predicted octanol–water partition coefficient (Wildman–Crippen LogP) is 1.80. The number of aryl methyl sites for hydroxylation is 4. The summed E-state index contributed by atoms with van der Waals surface area (Å²) in [5, 5.41) is 4.55. The molecule has 2 aromatic rings. The number of carbonyl (C=O) groups excluding carboxylic acids is 1. The van der Waals surface area contributed by atoms with Gasteiger partial charge in [-0.3, -0.25) is 9.48 Å². The van der Waals surface area contributed by atoms with Crippen LogP contribution in [0, 0.1) is 0 Å². The summed E-state index contributed by atoms with van der Waals surface area (Å²) in [6.07, 6.45) is 7.10. The van der Waals surface area contributed by atoms with Gasteiger partial charge in [-0.15, -0.1) is 0 Å². The molecule has 0 unspecified atom stereocenters. The van der Waals surface area contributed by atoms with E-state index >= 15 is 0 Å². The molecule has 0 N–H and O–H groups in total. The molecule has 0 fully saturated rings. The molecule has 0 radical (unpaired) electrons. The predicted molar refractivity (Wildman–Crippen MR) is 73.3 cm³/mol. The molecule has 19 heavy (non-hydrogen) atoms. The maximum Gasteiger partial charge on any atom is 0.153 e. The van der Waals surface area contributed by atoms with E-state index in [9.17, 15) is 4.79 Å². The van der Waals surface area contributed by atoms with E-state index in [2.05, 4.69) is 17.0 Å². The lowest BCUT2D eigenvalue weighted by atomic mass is 10.1. The lowest BCUT2D eigenvalue weighted by Crippen LogP contribution is -2.10. The summed E-state index contributed by atoms with van der Waals surface area (Å²) in [5.41, 5.74) is 2.69. The molecule has 2 aromatic heterocycles. The molecular formula is C14H20N4O. The van der Waals surface area contributed by atoms with Gasteiger partial charge in [0.25, 0.3) is 0 Å². The number of nitrogens with zero attached hydrogens (tertiary/aromatic N) is 4. The highest BCUT2D eigenvalue weighted by molar-refractivity contribution is 5.78. The third-order valence-corrected chi connectivity index (χ3v) is 3.43. The van der Waals surface area contributed by atoms with Crippen LogP contribution in [0.3, 0.4) is 0 Å². The molecule has 0 spiro atoms. The molecule has 2 rings (SSSR count). The molecule has 0 aliphatic rings. The fourth-order valence-electron chi connectivity index (χ4n) is 2.36. The molecular weight excluding hydrogens is 240 g/mol. The number of rotatable bonds is 6. The first-order valence-corrected chi connectivity index (χ1v) is 6.71. The number of carbonyl (C=O) groups is 1. The van der Waals surface area contributed by atoms with Crippen LogP contribution in [0.15, 0.2) is 12.4 Å². The van der Waals surface area contributed by atoms with Crippen LogP contribution >= 0.6 is 0 Å². The van der Waals surface area contributed by atoms with Crippen LogP contribution in [-0.2, 0) is 32.9 Å². The highest BCUT2D eigenvalue weighted by Gasteiger charge is 2.14. The van der Waals surface area contributed by atoms with Gasteiger partial charge in [-0.05, 0) is 12.8 Å². The molecule has 0 aliphatic heterocycles. The van der Waals surface area contributed by atoms with Crippen molar-refractivity contribution in [3.8, 4) is 0 Å². The van der Waals surface area contributed by atoms with Crippen LogP contribution in [0.5, 0.6) is 0 Å². The lowest BCUT2D eigenvalue weighted by Gasteiger charge is -2.06. The SMILES string of the molecule is CCc1nn(CCc2nccn2C)c(CC)c1C=O. The Morgan fingerprint density at radius 2 is 2.11 bits per heavy atom. The summed E-state index contributed by atoms with van der Waals surface area (Å²) in [5.74, 6) is 1.03. The minimum absolute atomic E-state index is 0.759. The quantitative estimate of drug-likeness (QED) is 0.744. The van der Waals surface area contributed by atoms with Gasteiger partial charge in [0.15, 0.2) is 6.29 Å². The van der Waals surface area contributed by atoms with E-state index in [0.29, 0.717) is 0 Å². The maximum atomic E-state index is 11.2. The zero-order valence-corrected chi connectivity index (χ0v) is 11.8. The summed E-state index contributed by atoms with van der Waals surface area (Å²) in [6.45, 7) is 4.84. The van der Waals surface area contributed by atoms with Gasteiger partial charge >= 0.3 is 0 Å². The first-order chi connectivity index (χ1) is 9.21. The third kappa shape index (κ3) is 2.59. The van der Waals surface area contributed by atoms with Crippen molar-refractivity contribution in [1.29, 1.82) is 0 Å². The minimum atomic E-state index is 0.759. The standard InChI is InChI=1S/C14H20N4O/c1-4-12-11(10-19)13(5-2)18(16-12)8-6-14-15-7-9-17(14)3/h7,9-10H,4-6,8H2,1-3H3. The van der Waals surface area contributed by atoms with Crippen LogP contribution in [0.2, 0.25) is 0 Å². The van der Waals surface area contributed by atoms with Crippen LogP contribution in [0.4, 0.5) is 0 Å². The highest BCUT2D eigenvalue weighted by Crippen LogP contribution is 2.14. The van der Waals surface area contributed by atoms with Crippen molar-refractivity contribution in [2.45, 2.75) is 39.7 Å². The number of aromatic nitrogens is 4.